The highest BCUT2D eigenvalue weighted by Gasteiger charge is 2.39. The number of anilines is 3. The molecule has 18 heteroatoms. The first kappa shape index (κ1) is 46.5. The molecule has 1 unspecified atom stereocenters. The molecule has 5 N–H and O–H groups in total. The Hall–Kier alpha value is -5.98. The Morgan fingerprint density at radius 1 is 0.848 bits per heavy atom. The van der Waals surface area contributed by atoms with Crippen LogP contribution in [0.3, 0.4) is 0 Å². The summed E-state index contributed by atoms with van der Waals surface area (Å²) in [6.45, 7) is 8.93. The normalized spacial score (nSPS) is 18.5. The number of benzene rings is 2. The van der Waals surface area contributed by atoms with Gasteiger partial charge in [-0.3, -0.25) is 34.2 Å². The van der Waals surface area contributed by atoms with E-state index in [1.165, 1.54) is 16.7 Å². The van der Waals surface area contributed by atoms with Crippen LogP contribution in [0.2, 0.25) is 0 Å². The number of aromatic nitrogens is 4. The van der Waals surface area contributed by atoms with E-state index in [0.717, 1.165) is 130 Å². The maximum Gasteiger partial charge on any atom is 0.255 e. The average Bonchev–Trinajstić information content (AvgIpc) is 3.64. The smallest absolute Gasteiger partial charge is 0.255 e. The fourth-order valence-corrected chi connectivity index (χ4v) is 9.66. The second-order valence-electron chi connectivity index (χ2n) is 18.1. The molecule has 66 heavy (non-hydrogen) atoms. The first-order chi connectivity index (χ1) is 32.0. The van der Waals surface area contributed by atoms with Crippen LogP contribution in [0.1, 0.15) is 109 Å². The van der Waals surface area contributed by atoms with Gasteiger partial charge in [-0.2, -0.15) is 0 Å². The van der Waals surface area contributed by atoms with Crippen molar-refractivity contribution in [3.63, 3.8) is 0 Å². The molecule has 2 aromatic heterocycles. The summed E-state index contributed by atoms with van der Waals surface area (Å²) in [7, 11) is 0. The molecule has 0 bridgehead atoms. The molecule has 2 aromatic carbocycles. The fraction of sp³-hybridized carbons (Fsp3) is 0.479. The second kappa shape index (κ2) is 21.5. The van der Waals surface area contributed by atoms with E-state index < -0.39 is 11.9 Å². The van der Waals surface area contributed by atoms with Gasteiger partial charge in [-0.25, -0.2) is 19.9 Å². The highest BCUT2D eigenvalue weighted by molar-refractivity contribution is 7.99. The van der Waals surface area contributed by atoms with Crippen LogP contribution in [0.4, 0.5) is 17.5 Å². The molecule has 1 atom stereocenters. The molecule has 4 aliphatic rings. The Kier molecular flexibility index (Phi) is 15.2. The topological polar surface area (TPSA) is 212 Å². The van der Waals surface area contributed by atoms with Gasteiger partial charge in [0.2, 0.25) is 23.7 Å². The predicted molar refractivity (Wildman–Crippen MR) is 252 cm³/mol. The number of nitrogens with zero attached hydrogens (tertiary/aromatic N) is 8. The van der Waals surface area contributed by atoms with E-state index >= 15 is 0 Å². The van der Waals surface area contributed by atoms with Gasteiger partial charge < -0.3 is 31.1 Å². The molecule has 0 spiro atoms. The lowest BCUT2D eigenvalue weighted by atomic mass is 9.91. The van der Waals surface area contributed by atoms with Gasteiger partial charge in [0.05, 0.1) is 18.0 Å². The lowest BCUT2D eigenvalue weighted by Crippen LogP contribution is -2.52. The number of piperidine rings is 2. The zero-order chi connectivity index (χ0) is 46.0. The van der Waals surface area contributed by atoms with E-state index in [2.05, 4.69) is 57.5 Å². The third-order valence-corrected chi connectivity index (χ3v) is 13.8. The van der Waals surface area contributed by atoms with Crippen molar-refractivity contribution < 1.29 is 24.0 Å². The minimum atomic E-state index is -0.671. The van der Waals surface area contributed by atoms with Crippen molar-refractivity contribution in [3.05, 3.63) is 89.5 Å². The number of nitrogens with two attached hydrogens (primary N) is 1. The summed E-state index contributed by atoms with van der Waals surface area (Å²) in [5.74, 6) is 0.232. The number of imide groups is 1. The van der Waals surface area contributed by atoms with Gasteiger partial charge in [0.15, 0.2) is 0 Å². The quantitative estimate of drug-likeness (QED) is 0.0772. The fourth-order valence-electron chi connectivity index (χ4n) is 8.88. The zero-order valence-corrected chi connectivity index (χ0v) is 38.5. The number of piperazine rings is 1. The number of rotatable bonds is 18. The molecule has 4 aromatic rings. The number of hydrogen-bond donors (Lipinski definition) is 4. The highest BCUT2D eigenvalue weighted by Crippen LogP contribution is 2.31. The molecular weight excluding hydrogens is 857 g/mol. The second-order valence-corrected chi connectivity index (χ2v) is 19.2. The van der Waals surface area contributed by atoms with Crippen LogP contribution >= 0.6 is 11.8 Å². The molecule has 0 radical (unpaired) electrons. The first-order valence-electron chi connectivity index (χ1n) is 23.2. The van der Waals surface area contributed by atoms with E-state index in [1.807, 2.05) is 42.7 Å². The van der Waals surface area contributed by atoms with E-state index in [4.69, 9.17) is 5.73 Å². The molecule has 3 saturated heterocycles. The number of nitrogens with one attached hydrogen (secondary N) is 3. The van der Waals surface area contributed by atoms with Gasteiger partial charge in [0.1, 0.15) is 16.9 Å². The van der Waals surface area contributed by atoms with Crippen LogP contribution in [0.15, 0.2) is 77.2 Å². The SMILES string of the molecule is CC1(N)CCN(c2cnc(Sc3cccc(NC(=O)CCCCCCCCN4CCN(c5ncc(C(=O)NCc6ccc7c(c6)CN(C6CCC(=O)NC6=O)C7=O)cn5)CC4)c3)cn2)CC1. The molecule has 4 aliphatic heterocycles. The van der Waals surface area contributed by atoms with Crippen molar-refractivity contribution in [2.45, 2.75) is 112 Å². The Bertz CT molecular complexity index is 2360. The van der Waals surface area contributed by atoms with Crippen molar-refractivity contribution in [1.29, 1.82) is 0 Å². The van der Waals surface area contributed by atoms with Crippen molar-refractivity contribution in [1.82, 2.24) is 40.4 Å². The lowest BCUT2D eigenvalue weighted by molar-refractivity contribution is -0.137. The van der Waals surface area contributed by atoms with Crippen LogP contribution in [0.25, 0.3) is 0 Å². The summed E-state index contributed by atoms with van der Waals surface area (Å²) in [4.78, 5) is 90.3. The number of carbonyl (C=O) groups is 5. The Labute approximate surface area is 390 Å². The van der Waals surface area contributed by atoms with E-state index in [-0.39, 0.29) is 48.7 Å². The highest BCUT2D eigenvalue weighted by atomic mass is 32.2. The summed E-state index contributed by atoms with van der Waals surface area (Å²) in [6, 6.07) is 12.6. The Morgan fingerprint density at radius 3 is 2.35 bits per heavy atom. The summed E-state index contributed by atoms with van der Waals surface area (Å²) in [6.07, 6.45) is 16.1. The number of carbonyl (C=O) groups excluding carboxylic acids is 5. The summed E-state index contributed by atoms with van der Waals surface area (Å²) >= 11 is 1.53. The maximum atomic E-state index is 13.0. The lowest BCUT2D eigenvalue weighted by Gasteiger charge is -2.37. The van der Waals surface area contributed by atoms with Crippen molar-refractivity contribution >= 4 is 58.8 Å². The van der Waals surface area contributed by atoms with E-state index in [1.54, 1.807) is 24.5 Å². The predicted octanol–water partition coefficient (Wildman–Crippen LogP) is 4.92. The molecule has 6 heterocycles. The van der Waals surface area contributed by atoms with Gasteiger partial charge in [0.25, 0.3) is 11.8 Å². The van der Waals surface area contributed by atoms with Gasteiger partial charge in [-0.05, 0) is 81.0 Å². The monoisotopic (exact) mass is 916 g/mol. The average molecular weight is 917 g/mol. The molecular formula is C48H60N12O5S. The van der Waals surface area contributed by atoms with Crippen LogP contribution in [-0.2, 0) is 27.5 Å². The van der Waals surface area contributed by atoms with Crippen molar-refractivity contribution in [2.75, 3.05) is 60.9 Å². The minimum absolute atomic E-state index is 0.0369. The van der Waals surface area contributed by atoms with Crippen LogP contribution in [0.5, 0.6) is 0 Å². The molecule has 348 valence electrons. The van der Waals surface area contributed by atoms with Gasteiger partial charge in [-0.1, -0.05) is 55.6 Å². The Morgan fingerprint density at radius 2 is 1.61 bits per heavy atom. The third-order valence-electron chi connectivity index (χ3n) is 12.9. The van der Waals surface area contributed by atoms with E-state index in [0.29, 0.717) is 29.9 Å². The summed E-state index contributed by atoms with van der Waals surface area (Å²) < 4.78 is 0. The molecule has 17 nitrogen and oxygen atoms in total. The largest absolute Gasteiger partial charge is 0.355 e. The van der Waals surface area contributed by atoms with Gasteiger partial charge in [0, 0.05) is 99.3 Å². The van der Waals surface area contributed by atoms with Gasteiger partial charge >= 0.3 is 0 Å². The van der Waals surface area contributed by atoms with Gasteiger partial charge in [-0.15, -0.1) is 0 Å². The van der Waals surface area contributed by atoms with E-state index in [9.17, 15) is 24.0 Å². The summed E-state index contributed by atoms with van der Waals surface area (Å²) in [5.41, 5.74) is 9.46. The Balaban J connectivity index is 0.660. The van der Waals surface area contributed by atoms with Crippen molar-refractivity contribution in [2.24, 2.45) is 5.73 Å². The van der Waals surface area contributed by atoms with Crippen LogP contribution in [-0.4, -0.2) is 117 Å². The number of fused-ring (bicyclic) bond motifs is 1. The third kappa shape index (κ3) is 12.3. The standard InChI is InChI=1S/C48H60N12O5S/c1-48(49)16-19-58(20-17-48)40-30-51-43(31-50-40)66-37-10-8-9-36(26-37)55-41(61)11-6-4-2-3-5-7-18-57-21-23-59(24-22-57)47-53-28-35(29-54-47)44(63)52-27-33-12-13-38-34(25-33)32-60(46(38)65)39-14-15-42(62)56-45(39)64/h8-10,12-13,25-26,28-31,39H,2-7,11,14-24,27,32,49H2,1H3,(H,52,63)(H,55,61)(H,56,62,64). The molecule has 8 rings (SSSR count). The number of amides is 5. The summed E-state index contributed by atoms with van der Waals surface area (Å²) in [5, 5.41) is 9.10. The zero-order valence-electron chi connectivity index (χ0n) is 37.7. The molecule has 3 fully saturated rings. The molecule has 5 amide bonds. The maximum absolute atomic E-state index is 13.0. The van der Waals surface area contributed by atoms with Crippen molar-refractivity contribution in [3.8, 4) is 0 Å². The molecule has 0 aliphatic carbocycles. The van der Waals surface area contributed by atoms with Crippen LogP contribution in [0, 0.1) is 0 Å². The first-order valence-corrected chi connectivity index (χ1v) is 24.1. The number of unbranched alkanes of at least 4 members (excludes halogenated alkanes) is 5. The minimum Gasteiger partial charge on any atom is -0.355 e. The number of hydrogen-bond acceptors (Lipinski definition) is 14. The van der Waals surface area contributed by atoms with Crippen LogP contribution < -0.4 is 31.5 Å². The molecule has 0 saturated carbocycles.